The number of rotatable bonds is 4. The van der Waals surface area contributed by atoms with E-state index < -0.39 is 0 Å². The molecule has 4 rings (SSSR count). The molecule has 0 spiro atoms. The first-order chi connectivity index (χ1) is 14.1. The zero-order valence-electron chi connectivity index (χ0n) is 15.8. The summed E-state index contributed by atoms with van der Waals surface area (Å²) in [6.45, 7) is 0. The van der Waals surface area contributed by atoms with E-state index in [4.69, 9.17) is 16.7 Å². The van der Waals surface area contributed by atoms with Crippen LogP contribution in [0.1, 0.15) is 15.9 Å². The normalized spacial score (nSPS) is 9.97. The Bertz CT molecular complexity index is 982. The van der Waals surface area contributed by atoms with Gasteiger partial charge in [0.05, 0.1) is 0 Å². The molecule has 0 radical (unpaired) electrons. The molecule has 0 aromatic heterocycles. The molecule has 0 saturated carbocycles. The summed E-state index contributed by atoms with van der Waals surface area (Å²) in [5, 5.41) is 9.86. The van der Waals surface area contributed by atoms with E-state index in [1.165, 1.54) is 0 Å². The Morgan fingerprint density at radius 3 is 1.69 bits per heavy atom. The highest BCUT2D eigenvalue weighted by Gasteiger charge is 2.05. The standard InChI is InChI=1S/C14H12O.C12H9ClO/c15-14(13-9-5-2-6-10-13)11-12-7-3-1-4-8-12;13-11-5-1-9(2-6-11)10-3-7-12(14)8-4-10/h1-10H,11H2;1-8,14H. The first-order valence-electron chi connectivity index (χ1n) is 9.29. The van der Waals surface area contributed by atoms with Crippen LogP contribution in [0.25, 0.3) is 11.1 Å². The number of hydrogen-bond acceptors (Lipinski definition) is 2. The van der Waals surface area contributed by atoms with Crippen LogP contribution in [0.5, 0.6) is 5.75 Å². The average Bonchev–Trinajstić information content (AvgIpc) is 2.77. The lowest BCUT2D eigenvalue weighted by Crippen LogP contribution is -2.02. The van der Waals surface area contributed by atoms with Gasteiger partial charge in [-0.05, 0) is 41.0 Å². The highest BCUT2D eigenvalue weighted by atomic mass is 35.5. The van der Waals surface area contributed by atoms with Crippen LogP contribution in [-0.4, -0.2) is 10.9 Å². The summed E-state index contributed by atoms with van der Waals surface area (Å²) >= 11 is 5.78. The minimum absolute atomic E-state index is 0.168. The first kappa shape index (κ1) is 20.4. The molecular weight excluding hydrogens is 380 g/mol. The molecule has 0 heterocycles. The number of carbonyl (C=O) groups excluding carboxylic acids is 1. The van der Waals surface area contributed by atoms with Crippen molar-refractivity contribution in [2.45, 2.75) is 6.42 Å². The van der Waals surface area contributed by atoms with Crippen LogP contribution in [0.15, 0.2) is 109 Å². The van der Waals surface area contributed by atoms with E-state index in [1.54, 1.807) is 12.1 Å². The number of aromatic hydroxyl groups is 1. The second kappa shape index (κ2) is 10.3. The predicted molar refractivity (Wildman–Crippen MR) is 119 cm³/mol. The van der Waals surface area contributed by atoms with Gasteiger partial charge in [0, 0.05) is 17.0 Å². The summed E-state index contributed by atoms with van der Waals surface area (Å²) in [6.07, 6.45) is 0.477. The van der Waals surface area contributed by atoms with E-state index >= 15 is 0 Å². The van der Waals surface area contributed by atoms with Gasteiger partial charge in [-0.15, -0.1) is 0 Å². The molecule has 4 aromatic carbocycles. The average molecular weight is 401 g/mol. The number of hydrogen-bond donors (Lipinski definition) is 1. The molecule has 0 atom stereocenters. The zero-order chi connectivity index (χ0) is 20.5. The van der Waals surface area contributed by atoms with Crippen LogP contribution in [-0.2, 0) is 6.42 Å². The first-order valence-corrected chi connectivity index (χ1v) is 9.67. The van der Waals surface area contributed by atoms with Crippen LogP contribution < -0.4 is 0 Å². The van der Waals surface area contributed by atoms with E-state index in [0.717, 1.165) is 27.3 Å². The molecule has 3 heteroatoms. The second-order valence-corrected chi connectivity index (χ2v) is 6.94. The lowest BCUT2D eigenvalue weighted by atomic mass is 10.0. The van der Waals surface area contributed by atoms with E-state index in [-0.39, 0.29) is 11.5 Å². The number of phenolic OH excluding ortho intramolecular Hbond substituents is 1. The molecule has 0 bridgehead atoms. The number of Topliss-reactive ketones (excluding diaryl/α,β-unsaturated/α-hetero) is 1. The smallest absolute Gasteiger partial charge is 0.167 e. The van der Waals surface area contributed by atoms with Gasteiger partial charge >= 0.3 is 0 Å². The van der Waals surface area contributed by atoms with Gasteiger partial charge in [0.25, 0.3) is 0 Å². The van der Waals surface area contributed by atoms with Crippen LogP contribution in [0.3, 0.4) is 0 Å². The summed E-state index contributed by atoms with van der Waals surface area (Å²) in [4.78, 5) is 11.8. The predicted octanol–water partition coefficient (Wildman–Crippen LogP) is 6.82. The molecule has 0 aliphatic rings. The van der Waals surface area contributed by atoms with Gasteiger partial charge < -0.3 is 5.11 Å². The van der Waals surface area contributed by atoms with Crippen LogP contribution in [0, 0.1) is 0 Å². The summed E-state index contributed by atoms with van der Waals surface area (Å²) < 4.78 is 0. The molecule has 0 aliphatic carbocycles. The van der Waals surface area contributed by atoms with Gasteiger partial charge in [-0.3, -0.25) is 4.79 Å². The minimum Gasteiger partial charge on any atom is -0.508 e. The van der Waals surface area contributed by atoms with E-state index in [2.05, 4.69) is 0 Å². The van der Waals surface area contributed by atoms with Crippen molar-refractivity contribution >= 4 is 17.4 Å². The number of carbonyl (C=O) groups is 1. The van der Waals surface area contributed by atoms with Crippen molar-refractivity contribution in [2.75, 3.05) is 0 Å². The third-order valence-corrected chi connectivity index (χ3v) is 4.60. The molecule has 144 valence electrons. The van der Waals surface area contributed by atoms with Gasteiger partial charge in [0.2, 0.25) is 0 Å². The molecule has 1 N–H and O–H groups in total. The number of halogens is 1. The Kier molecular flexibility index (Phi) is 7.21. The minimum atomic E-state index is 0.168. The van der Waals surface area contributed by atoms with Gasteiger partial charge in [-0.25, -0.2) is 0 Å². The Morgan fingerprint density at radius 1 is 0.655 bits per heavy atom. The van der Waals surface area contributed by atoms with Crippen LogP contribution >= 0.6 is 11.6 Å². The lowest BCUT2D eigenvalue weighted by molar-refractivity contribution is 0.0993. The van der Waals surface area contributed by atoms with Gasteiger partial charge in [0.1, 0.15) is 5.75 Å². The van der Waals surface area contributed by atoms with Crippen LogP contribution in [0.4, 0.5) is 0 Å². The number of ketones is 1. The van der Waals surface area contributed by atoms with Crippen molar-refractivity contribution in [3.8, 4) is 16.9 Å². The van der Waals surface area contributed by atoms with E-state index in [9.17, 15) is 4.79 Å². The molecular formula is C26H21ClO2. The third kappa shape index (κ3) is 6.34. The Balaban J connectivity index is 0.000000166. The van der Waals surface area contributed by atoms with Crippen LogP contribution in [0.2, 0.25) is 5.02 Å². The number of benzene rings is 4. The monoisotopic (exact) mass is 400 g/mol. The Morgan fingerprint density at radius 2 is 1.14 bits per heavy atom. The second-order valence-electron chi connectivity index (χ2n) is 6.51. The topological polar surface area (TPSA) is 37.3 Å². The van der Waals surface area contributed by atoms with E-state index in [1.807, 2.05) is 97.1 Å². The fourth-order valence-electron chi connectivity index (χ4n) is 2.80. The Hall–Kier alpha value is -3.36. The maximum Gasteiger partial charge on any atom is 0.167 e. The molecule has 0 unspecified atom stereocenters. The summed E-state index contributed by atoms with van der Waals surface area (Å²) in [6, 6.07) is 33.9. The molecule has 29 heavy (non-hydrogen) atoms. The fraction of sp³-hybridized carbons (Fsp3) is 0.0385. The summed E-state index contributed by atoms with van der Waals surface area (Å²) in [5.41, 5.74) is 4.00. The van der Waals surface area contributed by atoms with Crippen molar-refractivity contribution in [1.29, 1.82) is 0 Å². The van der Waals surface area contributed by atoms with Crippen molar-refractivity contribution in [1.82, 2.24) is 0 Å². The van der Waals surface area contributed by atoms with Gasteiger partial charge in [-0.1, -0.05) is 96.5 Å². The quantitative estimate of drug-likeness (QED) is 0.381. The van der Waals surface area contributed by atoms with Gasteiger partial charge in [-0.2, -0.15) is 0 Å². The van der Waals surface area contributed by atoms with Gasteiger partial charge in [0.15, 0.2) is 5.78 Å². The molecule has 0 fully saturated rings. The van der Waals surface area contributed by atoms with E-state index in [0.29, 0.717) is 6.42 Å². The molecule has 2 nitrogen and oxygen atoms in total. The molecule has 0 aliphatic heterocycles. The molecule has 0 saturated heterocycles. The molecule has 4 aromatic rings. The zero-order valence-corrected chi connectivity index (χ0v) is 16.6. The number of phenols is 1. The highest BCUT2D eigenvalue weighted by molar-refractivity contribution is 6.30. The maximum absolute atomic E-state index is 11.8. The van der Waals surface area contributed by atoms with Crippen molar-refractivity contribution in [3.05, 3.63) is 125 Å². The lowest BCUT2D eigenvalue weighted by Gasteiger charge is -2.01. The van der Waals surface area contributed by atoms with Crippen molar-refractivity contribution in [3.63, 3.8) is 0 Å². The maximum atomic E-state index is 11.8. The molecule has 0 amide bonds. The SMILES string of the molecule is O=C(Cc1ccccc1)c1ccccc1.Oc1ccc(-c2ccc(Cl)cc2)cc1. The third-order valence-electron chi connectivity index (χ3n) is 4.35. The Labute approximate surface area is 176 Å². The van der Waals surface area contributed by atoms with Crippen molar-refractivity contribution in [2.24, 2.45) is 0 Å². The highest BCUT2D eigenvalue weighted by Crippen LogP contribution is 2.23. The van der Waals surface area contributed by atoms with Crippen molar-refractivity contribution < 1.29 is 9.90 Å². The summed E-state index contributed by atoms with van der Waals surface area (Å²) in [5.74, 6) is 0.449. The fourth-order valence-corrected chi connectivity index (χ4v) is 2.93. The largest absolute Gasteiger partial charge is 0.508 e. The summed E-state index contributed by atoms with van der Waals surface area (Å²) in [7, 11) is 0.